The van der Waals surface area contributed by atoms with Crippen LogP contribution in [0.25, 0.3) is 0 Å². The van der Waals surface area contributed by atoms with Crippen LogP contribution in [0.5, 0.6) is 0 Å². The van der Waals surface area contributed by atoms with Crippen LogP contribution in [0.15, 0.2) is 42.5 Å². The van der Waals surface area contributed by atoms with Crippen LogP contribution in [0.4, 0.5) is 10.1 Å². The molecule has 0 radical (unpaired) electrons. The van der Waals surface area contributed by atoms with Gasteiger partial charge in [0.25, 0.3) is 0 Å². The molecule has 0 fully saturated rings. The molecule has 0 bridgehead atoms. The number of anilines is 1. The molecule has 2 aromatic rings. The first-order valence-corrected chi connectivity index (χ1v) is 6.33. The fourth-order valence-corrected chi connectivity index (χ4v) is 2.26. The molecule has 2 aromatic carbocycles. The second kappa shape index (κ2) is 6.04. The molecule has 0 aliphatic carbocycles. The van der Waals surface area contributed by atoms with Crippen molar-refractivity contribution in [1.82, 2.24) is 0 Å². The summed E-state index contributed by atoms with van der Waals surface area (Å²) in [4.78, 5) is 1.96. The van der Waals surface area contributed by atoms with Gasteiger partial charge in [-0.1, -0.05) is 23.7 Å². The Labute approximate surface area is 117 Å². The first kappa shape index (κ1) is 13.8. The normalized spacial score (nSPS) is 10.5. The zero-order chi connectivity index (χ0) is 13.8. The lowest BCUT2D eigenvalue weighted by molar-refractivity contribution is 0.281. The van der Waals surface area contributed by atoms with Crippen molar-refractivity contribution in [3.8, 4) is 0 Å². The van der Waals surface area contributed by atoms with E-state index in [0.717, 1.165) is 11.3 Å². The van der Waals surface area contributed by atoms with Crippen LogP contribution in [0.3, 0.4) is 0 Å². The Hall–Kier alpha value is -1.58. The summed E-state index contributed by atoms with van der Waals surface area (Å²) in [5, 5.41) is 9.97. The zero-order valence-electron chi connectivity index (χ0n) is 10.6. The molecule has 0 heterocycles. The summed E-state index contributed by atoms with van der Waals surface area (Å²) >= 11 is 5.95. The van der Waals surface area contributed by atoms with Gasteiger partial charge in [-0.25, -0.2) is 4.39 Å². The quantitative estimate of drug-likeness (QED) is 0.924. The number of hydrogen-bond donors (Lipinski definition) is 1. The molecule has 2 nitrogen and oxygen atoms in total. The summed E-state index contributed by atoms with van der Waals surface area (Å²) in [6.07, 6.45) is 0. The highest BCUT2D eigenvalue weighted by atomic mass is 35.5. The minimum absolute atomic E-state index is 0.188. The minimum Gasteiger partial charge on any atom is -0.392 e. The lowest BCUT2D eigenvalue weighted by Gasteiger charge is -2.22. The number of aliphatic hydroxyl groups excluding tert-OH is 1. The molecule has 0 unspecified atom stereocenters. The summed E-state index contributed by atoms with van der Waals surface area (Å²) < 4.78 is 13.1. The lowest BCUT2D eigenvalue weighted by atomic mass is 10.1. The largest absolute Gasteiger partial charge is 0.392 e. The third-order valence-electron chi connectivity index (χ3n) is 2.93. The van der Waals surface area contributed by atoms with Gasteiger partial charge in [0.15, 0.2) is 0 Å². The topological polar surface area (TPSA) is 23.5 Å². The molecule has 100 valence electrons. The molecule has 0 saturated heterocycles. The van der Waals surface area contributed by atoms with E-state index in [2.05, 4.69) is 0 Å². The molecule has 19 heavy (non-hydrogen) atoms. The van der Waals surface area contributed by atoms with Crippen LogP contribution in [0.2, 0.25) is 5.02 Å². The van der Waals surface area contributed by atoms with E-state index < -0.39 is 0 Å². The van der Waals surface area contributed by atoms with Crippen molar-refractivity contribution < 1.29 is 9.50 Å². The van der Waals surface area contributed by atoms with Gasteiger partial charge in [-0.3, -0.25) is 0 Å². The van der Waals surface area contributed by atoms with Crippen molar-refractivity contribution in [1.29, 1.82) is 0 Å². The van der Waals surface area contributed by atoms with Crippen LogP contribution in [0.1, 0.15) is 11.1 Å². The van der Waals surface area contributed by atoms with E-state index in [4.69, 9.17) is 11.6 Å². The Kier molecular flexibility index (Phi) is 4.40. The Morgan fingerprint density at radius 3 is 2.68 bits per heavy atom. The van der Waals surface area contributed by atoms with Gasteiger partial charge in [-0.15, -0.1) is 0 Å². The molecular weight excluding hydrogens is 265 g/mol. The SMILES string of the molecule is CN(Cc1cccc(Cl)c1)c1ccc(F)cc1CO. The van der Waals surface area contributed by atoms with E-state index in [-0.39, 0.29) is 12.4 Å². The van der Waals surface area contributed by atoms with Crippen LogP contribution in [0, 0.1) is 5.82 Å². The fourth-order valence-electron chi connectivity index (χ4n) is 2.05. The maximum Gasteiger partial charge on any atom is 0.123 e. The van der Waals surface area contributed by atoms with Gasteiger partial charge in [0.1, 0.15) is 5.82 Å². The van der Waals surface area contributed by atoms with E-state index >= 15 is 0 Å². The maximum atomic E-state index is 13.1. The van der Waals surface area contributed by atoms with Gasteiger partial charge in [-0.05, 0) is 35.9 Å². The molecule has 2 rings (SSSR count). The number of halogens is 2. The third-order valence-corrected chi connectivity index (χ3v) is 3.17. The Bertz CT molecular complexity index is 574. The average Bonchev–Trinajstić information content (AvgIpc) is 2.38. The highest BCUT2D eigenvalue weighted by Crippen LogP contribution is 2.23. The van der Waals surface area contributed by atoms with Crippen molar-refractivity contribution >= 4 is 17.3 Å². The molecule has 4 heteroatoms. The number of hydrogen-bond acceptors (Lipinski definition) is 2. The molecule has 0 aliphatic rings. The first-order valence-electron chi connectivity index (χ1n) is 5.95. The summed E-state index contributed by atoms with van der Waals surface area (Å²) in [7, 11) is 1.90. The molecule has 0 aliphatic heterocycles. The number of nitrogens with zero attached hydrogens (tertiary/aromatic N) is 1. The van der Waals surface area contributed by atoms with Crippen molar-refractivity contribution in [2.24, 2.45) is 0 Å². The molecular formula is C15H15ClFNO. The van der Waals surface area contributed by atoms with Gasteiger partial charge in [-0.2, -0.15) is 0 Å². The van der Waals surface area contributed by atoms with E-state index in [9.17, 15) is 9.50 Å². The Morgan fingerprint density at radius 2 is 2.00 bits per heavy atom. The van der Waals surface area contributed by atoms with Gasteiger partial charge in [0.05, 0.1) is 6.61 Å². The van der Waals surface area contributed by atoms with Gasteiger partial charge in [0.2, 0.25) is 0 Å². The van der Waals surface area contributed by atoms with Crippen molar-refractivity contribution in [2.45, 2.75) is 13.2 Å². The smallest absolute Gasteiger partial charge is 0.123 e. The highest BCUT2D eigenvalue weighted by molar-refractivity contribution is 6.30. The molecule has 1 N–H and O–H groups in total. The van der Waals surface area contributed by atoms with Gasteiger partial charge in [0, 0.05) is 29.9 Å². The molecule has 0 amide bonds. The van der Waals surface area contributed by atoms with Crippen LogP contribution < -0.4 is 4.90 Å². The second-order valence-corrected chi connectivity index (χ2v) is 4.85. The lowest BCUT2D eigenvalue weighted by Crippen LogP contribution is -2.18. The Morgan fingerprint density at radius 1 is 1.21 bits per heavy atom. The van der Waals surface area contributed by atoms with Crippen LogP contribution >= 0.6 is 11.6 Å². The summed E-state index contributed by atoms with van der Waals surface area (Å²) in [5.41, 5.74) is 2.44. The predicted octanol–water partition coefficient (Wildman–Crippen LogP) is 3.61. The standard InChI is InChI=1S/C15H15ClFNO/c1-18(9-11-3-2-4-13(16)7-11)15-6-5-14(17)8-12(15)10-19/h2-8,19H,9-10H2,1H3. The number of aliphatic hydroxyl groups is 1. The van der Waals surface area contributed by atoms with Crippen molar-refractivity contribution in [2.75, 3.05) is 11.9 Å². The fraction of sp³-hybridized carbons (Fsp3) is 0.200. The van der Waals surface area contributed by atoms with Crippen molar-refractivity contribution in [3.05, 3.63) is 64.4 Å². The molecule has 0 saturated carbocycles. The number of benzene rings is 2. The van der Waals surface area contributed by atoms with Gasteiger partial charge < -0.3 is 10.0 Å². The predicted molar refractivity (Wildman–Crippen MR) is 75.9 cm³/mol. The summed E-state index contributed by atoms with van der Waals surface area (Å²) in [5.74, 6) is -0.344. The minimum atomic E-state index is -0.344. The van der Waals surface area contributed by atoms with Gasteiger partial charge >= 0.3 is 0 Å². The van der Waals surface area contributed by atoms with Crippen LogP contribution in [-0.4, -0.2) is 12.2 Å². The summed E-state index contributed by atoms with van der Waals surface area (Å²) in [6.45, 7) is 0.451. The molecule has 0 spiro atoms. The zero-order valence-corrected chi connectivity index (χ0v) is 11.4. The second-order valence-electron chi connectivity index (χ2n) is 4.42. The van der Waals surface area contributed by atoms with Crippen LogP contribution in [-0.2, 0) is 13.2 Å². The monoisotopic (exact) mass is 279 g/mol. The molecule has 0 aromatic heterocycles. The van der Waals surface area contributed by atoms with E-state index in [1.54, 1.807) is 6.07 Å². The number of rotatable bonds is 4. The third kappa shape index (κ3) is 3.46. The highest BCUT2D eigenvalue weighted by Gasteiger charge is 2.09. The first-order chi connectivity index (χ1) is 9.10. The van der Waals surface area contributed by atoms with E-state index in [1.807, 2.05) is 36.2 Å². The summed E-state index contributed by atoms with van der Waals surface area (Å²) in [6, 6.07) is 12.0. The molecule has 0 atom stereocenters. The van der Waals surface area contributed by atoms with E-state index in [1.165, 1.54) is 12.1 Å². The maximum absolute atomic E-state index is 13.1. The Balaban J connectivity index is 2.22. The van der Waals surface area contributed by atoms with E-state index in [0.29, 0.717) is 17.1 Å². The van der Waals surface area contributed by atoms with Crippen molar-refractivity contribution in [3.63, 3.8) is 0 Å². The average molecular weight is 280 g/mol.